The summed E-state index contributed by atoms with van der Waals surface area (Å²) < 4.78 is 7.98. The summed E-state index contributed by atoms with van der Waals surface area (Å²) in [6.45, 7) is 7.06. The number of hydrogen-bond acceptors (Lipinski definition) is 7. The van der Waals surface area contributed by atoms with Crippen molar-refractivity contribution in [2.24, 2.45) is 17.6 Å². The van der Waals surface area contributed by atoms with E-state index in [1.54, 1.807) is 29.3 Å². The maximum Gasteiger partial charge on any atom is 0.257 e. The van der Waals surface area contributed by atoms with Crippen molar-refractivity contribution in [3.05, 3.63) is 83.9 Å². The molecule has 0 radical (unpaired) electrons. The number of H-pyrrole nitrogens is 1. The van der Waals surface area contributed by atoms with E-state index in [-0.39, 0.29) is 23.8 Å². The molecule has 0 unspecified atom stereocenters. The number of carbonyl (C=O) groups is 1. The summed E-state index contributed by atoms with van der Waals surface area (Å²) in [6.07, 6.45) is 5.03. The number of likely N-dealkylation sites (tertiary alicyclic amines) is 1. The fourth-order valence-corrected chi connectivity index (χ4v) is 5.59. The van der Waals surface area contributed by atoms with Gasteiger partial charge in [-0.15, -0.1) is 0 Å². The Morgan fingerprint density at radius 1 is 1.07 bits per heavy atom. The number of amides is 1. The second kappa shape index (κ2) is 8.99. The van der Waals surface area contributed by atoms with Gasteiger partial charge in [-0.1, -0.05) is 18.2 Å². The summed E-state index contributed by atoms with van der Waals surface area (Å²) in [7, 11) is 0. The number of rotatable bonds is 6. The van der Waals surface area contributed by atoms with Gasteiger partial charge in [0.1, 0.15) is 6.10 Å². The molecule has 5 heterocycles. The number of fused-ring (bicyclic) bond motifs is 2. The molecule has 202 valence electrons. The second-order valence-electron chi connectivity index (χ2n) is 11.3. The smallest absolute Gasteiger partial charge is 0.257 e. The fourth-order valence-electron chi connectivity index (χ4n) is 5.59. The zero-order valence-corrected chi connectivity index (χ0v) is 22.6. The van der Waals surface area contributed by atoms with Crippen LogP contribution in [0, 0.1) is 18.8 Å². The summed E-state index contributed by atoms with van der Waals surface area (Å²) in [4.78, 5) is 32.0. The first kappa shape index (κ1) is 24.5. The van der Waals surface area contributed by atoms with Crippen molar-refractivity contribution in [3.8, 4) is 23.2 Å². The summed E-state index contributed by atoms with van der Waals surface area (Å²) in [6, 6.07) is 15.9. The van der Waals surface area contributed by atoms with E-state index in [9.17, 15) is 4.79 Å². The number of aromatic nitrogens is 6. The number of aryl methyl sites for hydroxylation is 1. The van der Waals surface area contributed by atoms with Crippen molar-refractivity contribution in [2.75, 3.05) is 13.1 Å². The molecule has 0 bridgehead atoms. The molecule has 2 aliphatic rings. The second-order valence-corrected chi connectivity index (χ2v) is 11.3. The van der Waals surface area contributed by atoms with Crippen molar-refractivity contribution in [2.45, 2.75) is 32.4 Å². The molecule has 1 aliphatic heterocycles. The number of pyridine rings is 1. The Balaban J connectivity index is 1.07. The standard InChI is InChI=1S/C30H30N8O2/c1-17-20(16-38(36-17)29-32-9-6-10-33-29)28(39)37-14-21-22(15-37)27(21)40-26-13-19(30(2,3)31)12-25(35-26)24-11-18-7-4-5-8-23(18)34-24/h4-13,16,21-22,27,34H,14-15,31H2,1-3H3/t21-,22+,27-. The quantitative estimate of drug-likeness (QED) is 0.339. The Kier molecular flexibility index (Phi) is 5.50. The van der Waals surface area contributed by atoms with Crippen LogP contribution in [-0.4, -0.2) is 59.7 Å². The number of nitrogens with two attached hydrogens (primary N) is 1. The lowest BCUT2D eigenvalue weighted by Crippen LogP contribution is -2.33. The van der Waals surface area contributed by atoms with Gasteiger partial charge in [0.25, 0.3) is 5.91 Å². The van der Waals surface area contributed by atoms with Crippen molar-refractivity contribution in [1.29, 1.82) is 0 Å². The van der Waals surface area contributed by atoms with Crippen LogP contribution in [0.15, 0.2) is 67.1 Å². The van der Waals surface area contributed by atoms with Crippen LogP contribution in [0.1, 0.15) is 35.5 Å². The highest BCUT2D eigenvalue weighted by Crippen LogP contribution is 2.48. The number of benzene rings is 1. The molecule has 4 aromatic heterocycles. The van der Waals surface area contributed by atoms with Crippen molar-refractivity contribution in [1.82, 2.24) is 34.6 Å². The van der Waals surface area contributed by atoms with E-state index < -0.39 is 5.54 Å². The molecule has 40 heavy (non-hydrogen) atoms. The van der Waals surface area contributed by atoms with Crippen LogP contribution in [0.3, 0.4) is 0 Å². The largest absolute Gasteiger partial charge is 0.474 e. The topological polar surface area (TPSA) is 128 Å². The molecule has 10 heteroatoms. The van der Waals surface area contributed by atoms with Gasteiger partial charge in [-0.3, -0.25) is 4.79 Å². The minimum absolute atomic E-state index is 0.0183. The highest BCUT2D eigenvalue weighted by Gasteiger charge is 2.59. The van der Waals surface area contributed by atoms with Crippen LogP contribution in [0.25, 0.3) is 28.2 Å². The van der Waals surface area contributed by atoms with E-state index in [1.165, 1.54) is 0 Å². The van der Waals surface area contributed by atoms with Crippen LogP contribution < -0.4 is 10.5 Å². The highest BCUT2D eigenvalue weighted by molar-refractivity contribution is 5.95. The molecule has 5 aromatic rings. The van der Waals surface area contributed by atoms with Crippen LogP contribution in [0.2, 0.25) is 0 Å². The monoisotopic (exact) mass is 534 g/mol. The maximum absolute atomic E-state index is 13.3. The number of aromatic amines is 1. The predicted octanol–water partition coefficient (Wildman–Crippen LogP) is 3.86. The lowest BCUT2D eigenvalue weighted by Gasteiger charge is -2.22. The first-order valence-corrected chi connectivity index (χ1v) is 13.4. The van der Waals surface area contributed by atoms with Gasteiger partial charge in [-0.25, -0.2) is 19.6 Å². The Morgan fingerprint density at radius 2 is 1.82 bits per heavy atom. The Morgan fingerprint density at radius 3 is 2.55 bits per heavy atom. The van der Waals surface area contributed by atoms with E-state index in [2.05, 4.69) is 32.2 Å². The Bertz CT molecular complexity index is 1690. The average molecular weight is 535 g/mol. The van der Waals surface area contributed by atoms with Crippen LogP contribution in [0.5, 0.6) is 5.88 Å². The Labute approximate surface area is 231 Å². The van der Waals surface area contributed by atoms with Gasteiger partial charge in [0.15, 0.2) is 0 Å². The molecule has 2 fully saturated rings. The molecule has 1 aromatic carbocycles. The van der Waals surface area contributed by atoms with Gasteiger partial charge in [0, 0.05) is 66.0 Å². The molecule has 10 nitrogen and oxygen atoms in total. The van der Waals surface area contributed by atoms with E-state index in [0.717, 1.165) is 27.9 Å². The van der Waals surface area contributed by atoms with Gasteiger partial charge < -0.3 is 20.4 Å². The zero-order valence-electron chi connectivity index (χ0n) is 22.6. The molecule has 7 rings (SSSR count). The van der Waals surface area contributed by atoms with Gasteiger partial charge in [0.05, 0.1) is 22.6 Å². The minimum atomic E-state index is -0.558. The zero-order chi connectivity index (χ0) is 27.6. The van der Waals surface area contributed by atoms with E-state index in [1.807, 2.05) is 56.0 Å². The fraction of sp³-hybridized carbons (Fsp3) is 0.300. The van der Waals surface area contributed by atoms with Gasteiger partial charge in [-0.2, -0.15) is 5.10 Å². The first-order chi connectivity index (χ1) is 19.2. The van der Waals surface area contributed by atoms with Crippen molar-refractivity contribution in [3.63, 3.8) is 0 Å². The summed E-state index contributed by atoms with van der Waals surface area (Å²) in [5, 5.41) is 5.57. The van der Waals surface area contributed by atoms with Crippen LogP contribution in [0.4, 0.5) is 0 Å². The van der Waals surface area contributed by atoms with Gasteiger partial charge in [0.2, 0.25) is 11.8 Å². The maximum atomic E-state index is 13.3. The average Bonchev–Trinajstić information content (AvgIpc) is 3.39. The normalized spacial score (nSPS) is 20.1. The lowest BCUT2D eigenvalue weighted by atomic mass is 9.95. The third kappa shape index (κ3) is 4.30. The SMILES string of the molecule is Cc1nn(-c2ncccn2)cc1C(=O)N1C[C@@H]2[C@H](C1)[C@@H]2Oc1cc(C(C)(C)N)cc(-c2cc3ccccc3[nH]2)n1. The molecular weight excluding hydrogens is 504 g/mol. The van der Waals surface area contributed by atoms with Crippen LogP contribution >= 0.6 is 0 Å². The highest BCUT2D eigenvalue weighted by atomic mass is 16.5. The number of piperidine rings is 1. The number of para-hydroxylation sites is 1. The van der Waals surface area contributed by atoms with Gasteiger partial charge >= 0.3 is 0 Å². The van der Waals surface area contributed by atoms with Gasteiger partial charge in [-0.05, 0) is 50.6 Å². The number of nitrogens with zero attached hydrogens (tertiary/aromatic N) is 6. The lowest BCUT2D eigenvalue weighted by molar-refractivity contribution is 0.0751. The molecule has 3 atom stereocenters. The Hall–Kier alpha value is -4.57. The van der Waals surface area contributed by atoms with E-state index >= 15 is 0 Å². The third-order valence-corrected chi connectivity index (χ3v) is 7.90. The van der Waals surface area contributed by atoms with Crippen molar-refractivity contribution >= 4 is 16.8 Å². The molecule has 1 saturated heterocycles. The number of ether oxygens (including phenoxy) is 1. The third-order valence-electron chi connectivity index (χ3n) is 7.90. The summed E-state index contributed by atoms with van der Waals surface area (Å²) in [5.41, 5.74) is 10.9. The molecule has 1 amide bonds. The molecule has 1 saturated carbocycles. The van der Waals surface area contributed by atoms with Crippen molar-refractivity contribution < 1.29 is 9.53 Å². The number of nitrogens with one attached hydrogen (secondary N) is 1. The molecular formula is C30H30N8O2. The predicted molar refractivity (Wildman–Crippen MR) is 150 cm³/mol. The van der Waals surface area contributed by atoms with E-state index in [0.29, 0.717) is 36.2 Å². The number of carbonyl (C=O) groups excluding carboxylic acids is 1. The van der Waals surface area contributed by atoms with Crippen LogP contribution in [-0.2, 0) is 5.54 Å². The first-order valence-electron chi connectivity index (χ1n) is 13.4. The summed E-state index contributed by atoms with van der Waals surface area (Å²) >= 11 is 0. The molecule has 1 aliphatic carbocycles. The summed E-state index contributed by atoms with van der Waals surface area (Å²) in [5.74, 6) is 1.50. The number of hydrogen-bond donors (Lipinski definition) is 2. The van der Waals surface area contributed by atoms with E-state index in [4.69, 9.17) is 15.5 Å². The molecule has 3 N–H and O–H groups in total. The molecule has 0 spiro atoms. The minimum Gasteiger partial charge on any atom is -0.474 e.